The highest BCUT2D eigenvalue weighted by molar-refractivity contribution is 6.31. The predicted octanol–water partition coefficient (Wildman–Crippen LogP) is 5.51. The maximum Gasteiger partial charge on any atom is 0.242 e. The Morgan fingerprint density at radius 2 is 1.70 bits per heavy atom. The zero-order valence-corrected chi connectivity index (χ0v) is 19.3. The molecule has 6 heteroatoms. The molecule has 0 unspecified atom stereocenters. The summed E-state index contributed by atoms with van der Waals surface area (Å²) in [4.78, 5) is 27.7. The fraction of sp³-hybridized carbons (Fsp3) is 0.417. The van der Waals surface area contributed by atoms with Gasteiger partial charge in [0.15, 0.2) is 0 Å². The van der Waals surface area contributed by atoms with E-state index in [4.69, 9.17) is 23.2 Å². The molecule has 4 nitrogen and oxygen atoms in total. The van der Waals surface area contributed by atoms with Crippen molar-refractivity contribution in [3.05, 3.63) is 69.7 Å². The third-order valence-corrected chi connectivity index (χ3v) is 5.52. The molecule has 0 aliphatic rings. The van der Waals surface area contributed by atoms with E-state index < -0.39 is 6.04 Å². The number of carbonyl (C=O) groups excluding carboxylic acids is 2. The molecular formula is C24H30Cl2N2O2. The lowest BCUT2D eigenvalue weighted by Crippen LogP contribution is -2.49. The van der Waals surface area contributed by atoms with E-state index in [1.54, 1.807) is 17.0 Å². The molecule has 0 aliphatic heterocycles. The molecule has 0 bridgehead atoms. The van der Waals surface area contributed by atoms with E-state index in [1.165, 1.54) is 0 Å². The Hall–Kier alpha value is -2.04. The molecule has 30 heavy (non-hydrogen) atoms. The van der Waals surface area contributed by atoms with Crippen molar-refractivity contribution in [3.63, 3.8) is 0 Å². The number of hydrogen-bond donors (Lipinski definition) is 1. The van der Waals surface area contributed by atoms with Crippen LogP contribution in [0.4, 0.5) is 0 Å². The van der Waals surface area contributed by atoms with Crippen LogP contribution < -0.4 is 5.32 Å². The molecule has 0 aromatic heterocycles. The fourth-order valence-electron chi connectivity index (χ4n) is 3.21. The summed E-state index contributed by atoms with van der Waals surface area (Å²) in [7, 11) is 0. The molecule has 2 rings (SSSR count). The Kier molecular flexibility index (Phi) is 9.67. The minimum absolute atomic E-state index is 0.0728. The minimum atomic E-state index is -0.529. The zero-order valence-electron chi connectivity index (χ0n) is 17.8. The smallest absolute Gasteiger partial charge is 0.242 e. The Morgan fingerprint density at radius 1 is 1.03 bits per heavy atom. The Bertz CT molecular complexity index is 837. The molecule has 0 saturated carbocycles. The molecule has 1 N–H and O–H groups in total. The van der Waals surface area contributed by atoms with Crippen LogP contribution in [0.3, 0.4) is 0 Å². The van der Waals surface area contributed by atoms with Crippen LogP contribution in [0.25, 0.3) is 0 Å². The van der Waals surface area contributed by atoms with Gasteiger partial charge in [-0.25, -0.2) is 0 Å². The predicted molar refractivity (Wildman–Crippen MR) is 124 cm³/mol. The third kappa shape index (κ3) is 7.33. The van der Waals surface area contributed by atoms with Crippen molar-refractivity contribution < 1.29 is 9.59 Å². The van der Waals surface area contributed by atoms with Crippen molar-refractivity contribution >= 4 is 35.0 Å². The van der Waals surface area contributed by atoms with Crippen molar-refractivity contribution in [1.29, 1.82) is 0 Å². The second-order valence-corrected chi connectivity index (χ2v) is 8.65. The summed E-state index contributed by atoms with van der Waals surface area (Å²) in [6.45, 7) is 6.95. The molecular weight excluding hydrogens is 419 g/mol. The molecule has 2 aromatic rings. The average Bonchev–Trinajstić information content (AvgIpc) is 2.72. The van der Waals surface area contributed by atoms with Crippen LogP contribution >= 0.6 is 23.2 Å². The van der Waals surface area contributed by atoms with Crippen LogP contribution in [0.1, 0.15) is 44.7 Å². The average molecular weight is 449 g/mol. The lowest BCUT2D eigenvalue weighted by Gasteiger charge is -2.31. The lowest BCUT2D eigenvalue weighted by molar-refractivity contribution is -0.141. The largest absolute Gasteiger partial charge is 0.354 e. The highest BCUT2D eigenvalue weighted by atomic mass is 35.5. The van der Waals surface area contributed by atoms with Crippen LogP contribution in [-0.4, -0.2) is 29.3 Å². The number of rotatable bonds is 10. The normalized spacial score (nSPS) is 11.9. The van der Waals surface area contributed by atoms with Crippen LogP contribution in [0.2, 0.25) is 10.0 Å². The molecule has 0 heterocycles. The summed E-state index contributed by atoms with van der Waals surface area (Å²) in [5.74, 6) is 0.148. The summed E-state index contributed by atoms with van der Waals surface area (Å²) in [5, 5.41) is 4.26. The van der Waals surface area contributed by atoms with Crippen LogP contribution in [0.5, 0.6) is 0 Å². The number of benzene rings is 2. The molecule has 2 aromatic carbocycles. The third-order valence-electron chi connectivity index (χ3n) is 4.90. The van der Waals surface area contributed by atoms with Crippen molar-refractivity contribution in [3.8, 4) is 0 Å². The topological polar surface area (TPSA) is 49.4 Å². The summed E-state index contributed by atoms with van der Waals surface area (Å²) in [6, 6.07) is 14.3. The molecule has 0 fully saturated rings. The Labute approximate surface area is 189 Å². The molecule has 0 radical (unpaired) electrons. The first-order valence-electron chi connectivity index (χ1n) is 10.4. The first kappa shape index (κ1) is 24.2. The second kappa shape index (κ2) is 12.0. The number of nitrogens with one attached hydrogen (secondary N) is 1. The Morgan fingerprint density at radius 3 is 2.30 bits per heavy atom. The quantitative estimate of drug-likeness (QED) is 0.520. The number of nitrogens with zero attached hydrogens (tertiary/aromatic N) is 1. The van der Waals surface area contributed by atoms with Gasteiger partial charge in [-0.3, -0.25) is 9.59 Å². The highest BCUT2D eigenvalue weighted by Crippen LogP contribution is 2.20. The van der Waals surface area contributed by atoms with Gasteiger partial charge in [-0.1, -0.05) is 74.3 Å². The van der Waals surface area contributed by atoms with Gasteiger partial charge in [-0.15, -0.1) is 0 Å². The number of aryl methyl sites for hydroxylation is 1. The monoisotopic (exact) mass is 448 g/mol. The lowest BCUT2D eigenvalue weighted by atomic mass is 10.1. The summed E-state index contributed by atoms with van der Waals surface area (Å²) < 4.78 is 0. The van der Waals surface area contributed by atoms with Gasteiger partial charge in [0, 0.05) is 29.6 Å². The highest BCUT2D eigenvalue weighted by Gasteiger charge is 2.28. The van der Waals surface area contributed by atoms with Gasteiger partial charge in [0.05, 0.1) is 0 Å². The van der Waals surface area contributed by atoms with E-state index in [9.17, 15) is 9.59 Å². The van der Waals surface area contributed by atoms with Crippen molar-refractivity contribution in [2.45, 2.75) is 52.6 Å². The molecule has 162 valence electrons. The SMILES string of the molecule is CC[C@H](C(=O)NCC(C)C)N(Cc1ccc(Cl)cc1)C(=O)CCc1ccccc1Cl. The van der Waals surface area contributed by atoms with Crippen molar-refractivity contribution in [2.75, 3.05) is 6.54 Å². The molecule has 2 amide bonds. The number of halogens is 2. The maximum atomic E-state index is 13.2. The summed E-state index contributed by atoms with van der Waals surface area (Å²) in [6.07, 6.45) is 1.35. The second-order valence-electron chi connectivity index (χ2n) is 7.80. The van der Waals surface area contributed by atoms with Crippen molar-refractivity contribution in [2.24, 2.45) is 5.92 Å². The molecule has 1 atom stereocenters. The van der Waals surface area contributed by atoms with E-state index in [1.807, 2.05) is 57.2 Å². The molecule has 0 aliphatic carbocycles. The number of hydrogen-bond acceptors (Lipinski definition) is 2. The Balaban J connectivity index is 2.19. The van der Waals surface area contributed by atoms with Gasteiger partial charge in [-0.05, 0) is 48.1 Å². The zero-order chi connectivity index (χ0) is 22.1. The van der Waals surface area contributed by atoms with Gasteiger partial charge in [0.25, 0.3) is 0 Å². The van der Waals surface area contributed by atoms with Gasteiger partial charge < -0.3 is 10.2 Å². The van der Waals surface area contributed by atoms with E-state index in [0.29, 0.717) is 41.9 Å². The minimum Gasteiger partial charge on any atom is -0.354 e. The van der Waals surface area contributed by atoms with Gasteiger partial charge >= 0.3 is 0 Å². The maximum absolute atomic E-state index is 13.2. The van der Waals surface area contributed by atoms with Crippen LogP contribution in [0, 0.1) is 5.92 Å². The molecule has 0 spiro atoms. The summed E-state index contributed by atoms with van der Waals surface area (Å²) in [5.41, 5.74) is 1.86. The number of carbonyl (C=O) groups is 2. The standard InChI is InChI=1S/C24H30Cl2N2O2/c1-4-22(24(30)27-15-17(2)3)28(16-18-9-12-20(25)13-10-18)23(29)14-11-19-7-5-6-8-21(19)26/h5-10,12-13,17,22H,4,11,14-16H2,1-3H3,(H,27,30)/t22-/m1/s1. The van der Waals surface area contributed by atoms with Gasteiger partial charge in [-0.2, -0.15) is 0 Å². The van der Waals surface area contributed by atoms with Crippen LogP contribution in [0.15, 0.2) is 48.5 Å². The number of amides is 2. The van der Waals surface area contributed by atoms with E-state index >= 15 is 0 Å². The summed E-state index contributed by atoms with van der Waals surface area (Å²) >= 11 is 12.2. The van der Waals surface area contributed by atoms with Gasteiger partial charge in [0.2, 0.25) is 11.8 Å². The van der Waals surface area contributed by atoms with Gasteiger partial charge in [0.1, 0.15) is 6.04 Å². The first-order valence-corrected chi connectivity index (χ1v) is 11.1. The van der Waals surface area contributed by atoms with Crippen molar-refractivity contribution in [1.82, 2.24) is 10.2 Å². The fourth-order valence-corrected chi connectivity index (χ4v) is 3.57. The molecule has 0 saturated heterocycles. The van der Waals surface area contributed by atoms with E-state index in [0.717, 1.165) is 11.1 Å². The van der Waals surface area contributed by atoms with Crippen LogP contribution in [-0.2, 0) is 22.6 Å². The van der Waals surface area contributed by atoms with E-state index in [2.05, 4.69) is 5.32 Å². The van der Waals surface area contributed by atoms with E-state index in [-0.39, 0.29) is 18.2 Å². The first-order chi connectivity index (χ1) is 14.3.